The van der Waals surface area contributed by atoms with Crippen LogP contribution in [0.15, 0.2) is 66.7 Å². The van der Waals surface area contributed by atoms with Crippen molar-refractivity contribution < 1.29 is 14.6 Å². The number of rotatable bonds is 8. The second-order valence-corrected chi connectivity index (χ2v) is 8.00. The molecule has 4 aromatic rings. The SMILES string of the molecule is C[C@@H](Cc1nc(N)nc(Oc2ccc(C[C@H](N)C(=O)O)cc2)n1)c1ccc2ccccc2c1. The summed E-state index contributed by atoms with van der Waals surface area (Å²) in [6.07, 6.45) is 0.804. The molecule has 0 radical (unpaired) electrons. The molecular weight excluding hydrogens is 418 g/mol. The number of hydrogen-bond acceptors (Lipinski definition) is 7. The van der Waals surface area contributed by atoms with E-state index in [9.17, 15) is 4.79 Å². The molecule has 8 nitrogen and oxygen atoms in total. The predicted molar refractivity (Wildman–Crippen MR) is 126 cm³/mol. The highest BCUT2D eigenvalue weighted by molar-refractivity contribution is 5.83. The summed E-state index contributed by atoms with van der Waals surface area (Å²) in [6, 6.07) is 20.7. The van der Waals surface area contributed by atoms with Gasteiger partial charge in [-0.15, -0.1) is 0 Å². The van der Waals surface area contributed by atoms with E-state index in [1.807, 2.05) is 12.1 Å². The highest BCUT2D eigenvalue weighted by Crippen LogP contribution is 2.25. The Bertz CT molecular complexity index is 1280. The lowest BCUT2D eigenvalue weighted by Crippen LogP contribution is -2.32. The Labute approximate surface area is 191 Å². The van der Waals surface area contributed by atoms with Crippen LogP contribution in [0.3, 0.4) is 0 Å². The quantitative estimate of drug-likeness (QED) is 0.375. The van der Waals surface area contributed by atoms with Crippen molar-refractivity contribution >= 4 is 22.7 Å². The zero-order chi connectivity index (χ0) is 23.4. The maximum atomic E-state index is 10.9. The summed E-state index contributed by atoms with van der Waals surface area (Å²) < 4.78 is 5.76. The Kier molecular flexibility index (Phi) is 6.46. The number of hydrogen-bond donors (Lipinski definition) is 3. The normalized spacial score (nSPS) is 12.9. The molecule has 0 aliphatic heterocycles. The van der Waals surface area contributed by atoms with Gasteiger partial charge in [0, 0.05) is 6.42 Å². The first kappa shape index (κ1) is 22.2. The Hall–Kier alpha value is -4.04. The minimum absolute atomic E-state index is 0.0877. The Balaban J connectivity index is 1.46. The number of fused-ring (bicyclic) bond motifs is 1. The maximum absolute atomic E-state index is 10.9. The van der Waals surface area contributed by atoms with Gasteiger partial charge in [-0.2, -0.15) is 15.0 Å². The molecule has 4 rings (SSSR count). The number of carbonyl (C=O) groups is 1. The van der Waals surface area contributed by atoms with Crippen LogP contribution in [0.25, 0.3) is 10.8 Å². The van der Waals surface area contributed by atoms with Crippen molar-refractivity contribution in [2.45, 2.75) is 31.7 Å². The molecule has 0 bridgehead atoms. The highest BCUT2D eigenvalue weighted by atomic mass is 16.5. The molecule has 0 saturated carbocycles. The Morgan fingerprint density at radius 2 is 1.70 bits per heavy atom. The molecular formula is C25H25N5O3. The van der Waals surface area contributed by atoms with Crippen LogP contribution in [-0.2, 0) is 17.6 Å². The minimum Gasteiger partial charge on any atom is -0.480 e. The smallest absolute Gasteiger partial charge is 0.327 e. The van der Waals surface area contributed by atoms with E-state index in [2.05, 4.69) is 52.2 Å². The van der Waals surface area contributed by atoms with Gasteiger partial charge in [0.1, 0.15) is 17.6 Å². The van der Waals surface area contributed by atoms with E-state index >= 15 is 0 Å². The number of carboxylic acid groups (broad SMARTS) is 1. The van der Waals surface area contributed by atoms with Gasteiger partial charge < -0.3 is 21.3 Å². The number of aliphatic carboxylic acids is 1. The number of anilines is 1. The number of nitrogens with zero attached hydrogens (tertiary/aromatic N) is 3. The van der Waals surface area contributed by atoms with Crippen LogP contribution in [0.1, 0.15) is 29.8 Å². The zero-order valence-electron chi connectivity index (χ0n) is 18.2. The standard InChI is InChI=1S/C25H25N5O3/c1-15(18-9-8-17-4-2-3-5-19(17)14-18)12-22-28-24(27)30-25(29-22)33-20-10-6-16(7-11-20)13-21(26)23(31)32/h2-11,14-15,21H,12-13,26H2,1H3,(H,31,32)(H2,27,28,29,30)/t15-,21-/m0/s1. The van der Waals surface area contributed by atoms with Crippen LogP contribution in [0.2, 0.25) is 0 Å². The third kappa shape index (κ3) is 5.61. The number of nitrogens with two attached hydrogens (primary N) is 2. The van der Waals surface area contributed by atoms with Gasteiger partial charge in [0.2, 0.25) is 5.95 Å². The van der Waals surface area contributed by atoms with Crippen molar-refractivity contribution in [2.24, 2.45) is 5.73 Å². The predicted octanol–water partition coefficient (Wildman–Crippen LogP) is 3.70. The van der Waals surface area contributed by atoms with Gasteiger partial charge in [0.05, 0.1) is 0 Å². The molecule has 168 valence electrons. The molecule has 0 aliphatic rings. The zero-order valence-corrected chi connectivity index (χ0v) is 18.2. The lowest BCUT2D eigenvalue weighted by molar-refractivity contribution is -0.138. The first-order chi connectivity index (χ1) is 15.9. The molecule has 3 aromatic carbocycles. The fraction of sp³-hybridized carbons (Fsp3) is 0.200. The van der Waals surface area contributed by atoms with Gasteiger partial charge in [-0.05, 0) is 46.4 Å². The largest absolute Gasteiger partial charge is 0.480 e. The van der Waals surface area contributed by atoms with Crippen molar-refractivity contribution in [2.75, 3.05) is 5.73 Å². The Morgan fingerprint density at radius 1 is 0.970 bits per heavy atom. The summed E-state index contributed by atoms with van der Waals surface area (Å²) in [5, 5.41) is 11.3. The summed E-state index contributed by atoms with van der Waals surface area (Å²) in [6.45, 7) is 2.12. The van der Waals surface area contributed by atoms with Crippen LogP contribution in [0.4, 0.5) is 5.95 Å². The van der Waals surface area contributed by atoms with Crippen LogP contribution in [0, 0.1) is 0 Å². The summed E-state index contributed by atoms with van der Waals surface area (Å²) in [4.78, 5) is 23.7. The third-order valence-corrected chi connectivity index (χ3v) is 5.42. The molecule has 5 N–H and O–H groups in total. The molecule has 1 aromatic heterocycles. The van der Waals surface area contributed by atoms with E-state index in [0.717, 1.165) is 5.56 Å². The molecule has 0 unspecified atom stereocenters. The summed E-state index contributed by atoms with van der Waals surface area (Å²) in [5.41, 5.74) is 13.5. The topological polar surface area (TPSA) is 137 Å². The molecule has 33 heavy (non-hydrogen) atoms. The van der Waals surface area contributed by atoms with E-state index in [0.29, 0.717) is 18.0 Å². The molecule has 0 amide bonds. The van der Waals surface area contributed by atoms with E-state index in [4.69, 9.17) is 21.3 Å². The van der Waals surface area contributed by atoms with Crippen molar-refractivity contribution in [3.63, 3.8) is 0 Å². The van der Waals surface area contributed by atoms with Crippen LogP contribution in [0.5, 0.6) is 11.8 Å². The van der Waals surface area contributed by atoms with Crippen molar-refractivity contribution in [1.29, 1.82) is 0 Å². The van der Waals surface area contributed by atoms with Gasteiger partial charge >= 0.3 is 12.0 Å². The van der Waals surface area contributed by atoms with Crippen molar-refractivity contribution in [1.82, 2.24) is 15.0 Å². The van der Waals surface area contributed by atoms with Crippen molar-refractivity contribution in [3.05, 3.63) is 83.7 Å². The summed E-state index contributed by atoms with van der Waals surface area (Å²) >= 11 is 0. The van der Waals surface area contributed by atoms with Gasteiger partial charge in [-0.25, -0.2) is 0 Å². The third-order valence-electron chi connectivity index (χ3n) is 5.42. The number of benzene rings is 3. The van der Waals surface area contributed by atoms with E-state index in [-0.39, 0.29) is 24.3 Å². The van der Waals surface area contributed by atoms with E-state index < -0.39 is 12.0 Å². The molecule has 1 heterocycles. The van der Waals surface area contributed by atoms with Crippen LogP contribution >= 0.6 is 0 Å². The number of carboxylic acids is 1. The molecule has 0 fully saturated rings. The average Bonchev–Trinajstić information content (AvgIpc) is 2.79. The molecule has 0 saturated heterocycles. The molecule has 0 aliphatic carbocycles. The lowest BCUT2D eigenvalue weighted by atomic mass is 9.95. The fourth-order valence-corrected chi connectivity index (χ4v) is 3.60. The molecule has 2 atom stereocenters. The monoisotopic (exact) mass is 443 g/mol. The number of ether oxygens (including phenoxy) is 1. The Morgan fingerprint density at radius 3 is 2.42 bits per heavy atom. The van der Waals surface area contributed by atoms with Gasteiger partial charge in [0.15, 0.2) is 0 Å². The fourth-order valence-electron chi connectivity index (χ4n) is 3.60. The van der Waals surface area contributed by atoms with Gasteiger partial charge in [-0.3, -0.25) is 4.79 Å². The second-order valence-electron chi connectivity index (χ2n) is 8.00. The summed E-state index contributed by atoms with van der Waals surface area (Å²) in [5.74, 6) is 0.261. The second kappa shape index (κ2) is 9.62. The van der Waals surface area contributed by atoms with Crippen LogP contribution in [-0.4, -0.2) is 32.1 Å². The average molecular weight is 444 g/mol. The van der Waals surface area contributed by atoms with E-state index in [1.54, 1.807) is 24.3 Å². The highest BCUT2D eigenvalue weighted by Gasteiger charge is 2.14. The lowest BCUT2D eigenvalue weighted by Gasteiger charge is -2.13. The van der Waals surface area contributed by atoms with Gasteiger partial charge in [-0.1, -0.05) is 61.5 Å². The number of nitrogen functional groups attached to an aromatic ring is 1. The van der Waals surface area contributed by atoms with Gasteiger partial charge in [0.25, 0.3) is 0 Å². The maximum Gasteiger partial charge on any atom is 0.327 e. The molecule has 0 spiro atoms. The first-order valence-corrected chi connectivity index (χ1v) is 10.6. The number of aromatic nitrogens is 3. The van der Waals surface area contributed by atoms with E-state index in [1.165, 1.54) is 16.3 Å². The molecule has 8 heteroatoms. The van der Waals surface area contributed by atoms with Crippen LogP contribution < -0.4 is 16.2 Å². The van der Waals surface area contributed by atoms with Crippen molar-refractivity contribution in [3.8, 4) is 11.8 Å². The first-order valence-electron chi connectivity index (χ1n) is 10.6. The summed E-state index contributed by atoms with van der Waals surface area (Å²) in [7, 11) is 0. The minimum atomic E-state index is -1.04.